The van der Waals surface area contributed by atoms with E-state index in [1.807, 2.05) is 18.2 Å². The van der Waals surface area contributed by atoms with Crippen molar-refractivity contribution in [3.8, 4) is 5.69 Å². The van der Waals surface area contributed by atoms with Crippen LogP contribution in [0.15, 0.2) is 148 Å². The molecular formula is C36H25IN3-. The van der Waals surface area contributed by atoms with Gasteiger partial charge in [-0.15, -0.1) is 0 Å². The van der Waals surface area contributed by atoms with E-state index in [0.717, 1.165) is 54.2 Å². The van der Waals surface area contributed by atoms with Crippen LogP contribution in [0.2, 0.25) is 0 Å². The Labute approximate surface area is 243 Å². The predicted octanol–water partition coefficient (Wildman–Crippen LogP) is 5.72. The van der Waals surface area contributed by atoms with Gasteiger partial charge in [0, 0.05) is 0 Å². The molecule has 5 aromatic carbocycles. The molecule has 0 bridgehead atoms. The topological polar surface area (TPSA) is 29.6 Å². The summed E-state index contributed by atoms with van der Waals surface area (Å²) in [6.07, 6.45) is 1.94. The van der Waals surface area contributed by atoms with Gasteiger partial charge in [0.2, 0.25) is 0 Å². The number of hydrogen-bond acceptors (Lipinski definition) is 2. The van der Waals surface area contributed by atoms with Gasteiger partial charge in [-0.25, -0.2) is 0 Å². The van der Waals surface area contributed by atoms with Crippen molar-refractivity contribution in [2.75, 3.05) is 0 Å². The normalized spacial score (nSPS) is 13.7. The molecule has 4 heteroatoms. The number of nitrogens with zero attached hydrogens (tertiary/aromatic N) is 3. The van der Waals surface area contributed by atoms with Crippen molar-refractivity contribution in [3.05, 3.63) is 160 Å². The Balaban J connectivity index is 1.43. The van der Waals surface area contributed by atoms with Gasteiger partial charge in [-0.3, -0.25) is 0 Å². The van der Waals surface area contributed by atoms with Crippen molar-refractivity contribution in [1.82, 2.24) is 4.57 Å². The number of aliphatic imine (C=N–C) groups is 2. The molecule has 0 amide bonds. The van der Waals surface area contributed by atoms with Crippen LogP contribution in [-0.2, 0) is 0 Å². The summed E-state index contributed by atoms with van der Waals surface area (Å²) in [7, 11) is 0. The predicted molar refractivity (Wildman–Crippen MR) is 165 cm³/mol. The van der Waals surface area contributed by atoms with Crippen LogP contribution in [0.4, 0.5) is 0 Å². The number of rotatable bonds is 5. The first-order valence-electron chi connectivity index (χ1n) is 13.2. The molecule has 0 saturated carbocycles. The van der Waals surface area contributed by atoms with Crippen LogP contribution in [0.1, 0.15) is 22.3 Å². The number of aromatic nitrogens is 1. The third kappa shape index (κ3) is 4.40. The van der Waals surface area contributed by atoms with Gasteiger partial charge < -0.3 is 0 Å². The van der Waals surface area contributed by atoms with Crippen LogP contribution >= 0.6 is 0 Å². The average Bonchev–Trinajstić information content (AvgIpc) is 3.20. The van der Waals surface area contributed by atoms with Gasteiger partial charge in [-0.2, -0.15) is 0 Å². The number of hydrogen-bond donors (Lipinski definition) is 0. The molecule has 0 radical (unpaired) electrons. The van der Waals surface area contributed by atoms with E-state index < -0.39 is 21.2 Å². The molecule has 40 heavy (non-hydrogen) atoms. The van der Waals surface area contributed by atoms with E-state index >= 15 is 0 Å². The van der Waals surface area contributed by atoms with Gasteiger partial charge in [0.15, 0.2) is 0 Å². The maximum atomic E-state index is 5.21. The number of fused-ring (bicyclic) bond motifs is 3. The molecule has 192 valence electrons. The van der Waals surface area contributed by atoms with E-state index in [9.17, 15) is 0 Å². The summed E-state index contributed by atoms with van der Waals surface area (Å²) in [4.78, 5) is 10.4. The first-order valence-corrected chi connectivity index (χ1v) is 15.5. The fourth-order valence-electron chi connectivity index (χ4n) is 5.23. The molecule has 2 heterocycles. The Bertz CT molecular complexity index is 1980. The molecule has 0 saturated heterocycles. The zero-order valence-corrected chi connectivity index (χ0v) is 23.9. The molecule has 1 aliphatic heterocycles. The van der Waals surface area contributed by atoms with Crippen LogP contribution < -0.4 is 21.2 Å². The van der Waals surface area contributed by atoms with Gasteiger partial charge in [0.25, 0.3) is 0 Å². The van der Waals surface area contributed by atoms with Crippen LogP contribution in [-0.4, -0.2) is 14.1 Å². The first kappa shape index (κ1) is 24.5. The van der Waals surface area contributed by atoms with Crippen LogP contribution in [0.3, 0.4) is 0 Å². The van der Waals surface area contributed by atoms with E-state index in [2.05, 4.69) is 130 Å². The third-order valence-corrected chi connectivity index (χ3v) is 9.44. The Morgan fingerprint density at radius 1 is 0.625 bits per heavy atom. The van der Waals surface area contributed by atoms with Gasteiger partial charge in [0.05, 0.1) is 0 Å². The van der Waals surface area contributed by atoms with Crippen molar-refractivity contribution in [1.29, 1.82) is 0 Å². The summed E-state index contributed by atoms with van der Waals surface area (Å²) >= 11 is -0.482. The Morgan fingerprint density at radius 2 is 1.30 bits per heavy atom. The zero-order valence-electron chi connectivity index (χ0n) is 21.7. The molecule has 1 aliphatic rings. The molecule has 0 spiro atoms. The SMILES string of the molecule is C=Cc1cccc2c1c1ccccc1n2-c1cccc(C2=NC(c3ccccc3)=C[I-]C(c3ccccc3)=N2)c1. The Morgan fingerprint density at radius 3 is 2.10 bits per heavy atom. The number of amidine groups is 1. The number of para-hydroxylation sites is 1. The third-order valence-electron chi connectivity index (χ3n) is 7.09. The van der Waals surface area contributed by atoms with E-state index in [1.165, 1.54) is 10.8 Å². The van der Waals surface area contributed by atoms with Crippen molar-refractivity contribution in [2.45, 2.75) is 0 Å². The fraction of sp³-hybridized carbons (Fsp3) is 0. The summed E-state index contributed by atoms with van der Waals surface area (Å²) in [6.45, 7) is 4.08. The van der Waals surface area contributed by atoms with E-state index in [-0.39, 0.29) is 0 Å². The number of halogens is 1. The van der Waals surface area contributed by atoms with Crippen molar-refractivity contribution in [2.24, 2.45) is 9.98 Å². The number of benzene rings is 5. The Hall–Kier alpha value is -4.55. The molecule has 0 fully saturated rings. The molecule has 0 aliphatic carbocycles. The second kappa shape index (κ2) is 10.5. The second-order valence-corrected chi connectivity index (χ2v) is 11.8. The van der Waals surface area contributed by atoms with Gasteiger partial charge in [0.1, 0.15) is 0 Å². The van der Waals surface area contributed by atoms with E-state index in [4.69, 9.17) is 9.98 Å². The van der Waals surface area contributed by atoms with E-state index in [1.54, 1.807) is 0 Å². The summed E-state index contributed by atoms with van der Waals surface area (Å²) < 4.78 is 5.74. The van der Waals surface area contributed by atoms with Crippen molar-refractivity contribution < 1.29 is 21.2 Å². The van der Waals surface area contributed by atoms with Crippen LogP contribution in [0, 0.1) is 0 Å². The first-order chi connectivity index (χ1) is 19.8. The summed E-state index contributed by atoms with van der Waals surface area (Å²) in [5, 5.41) is 2.43. The second-order valence-electron chi connectivity index (χ2n) is 9.52. The maximum absolute atomic E-state index is 5.21. The van der Waals surface area contributed by atoms with Crippen LogP contribution in [0.25, 0.3) is 39.3 Å². The Kier molecular flexibility index (Phi) is 6.46. The van der Waals surface area contributed by atoms with Gasteiger partial charge in [-0.1, -0.05) is 0 Å². The van der Waals surface area contributed by atoms with Crippen LogP contribution in [0.5, 0.6) is 0 Å². The molecule has 3 nitrogen and oxygen atoms in total. The van der Waals surface area contributed by atoms with Gasteiger partial charge >= 0.3 is 245 Å². The molecule has 1 aromatic heterocycles. The monoisotopic (exact) mass is 626 g/mol. The molecule has 0 atom stereocenters. The average molecular weight is 627 g/mol. The quantitative estimate of drug-likeness (QED) is 0.219. The fourth-order valence-corrected chi connectivity index (χ4v) is 7.41. The van der Waals surface area contributed by atoms with Gasteiger partial charge in [-0.05, 0) is 0 Å². The van der Waals surface area contributed by atoms with Crippen molar-refractivity contribution >= 4 is 43.1 Å². The van der Waals surface area contributed by atoms with Crippen molar-refractivity contribution in [3.63, 3.8) is 0 Å². The molecule has 0 N–H and O–H groups in total. The molecule has 6 aromatic rings. The van der Waals surface area contributed by atoms with E-state index in [0.29, 0.717) is 0 Å². The minimum absolute atomic E-state index is 0.482. The summed E-state index contributed by atoms with van der Waals surface area (Å²) in [6, 6.07) is 44.5. The minimum atomic E-state index is -0.482. The zero-order chi connectivity index (χ0) is 26.9. The molecule has 7 rings (SSSR count). The summed E-state index contributed by atoms with van der Waals surface area (Å²) in [5.74, 6) is 0.737. The standard InChI is InChI=1S/C36H25IN3/c1-2-25-17-12-22-33-34(25)30-20-9-10-21-32(30)40(33)29-19-11-18-28(23-29)36-38-31(26-13-5-3-6-14-26)24-37-35(39-36)27-15-7-4-8-16-27/h2-24H,1H2/q-1. The molecular weight excluding hydrogens is 601 g/mol. The summed E-state index contributed by atoms with van der Waals surface area (Å²) in [5.41, 5.74) is 8.77. The molecule has 0 unspecified atom stereocenters.